The summed E-state index contributed by atoms with van der Waals surface area (Å²) >= 11 is 0. The molecule has 2 rings (SSSR count). The highest BCUT2D eigenvalue weighted by Crippen LogP contribution is 2.37. The van der Waals surface area contributed by atoms with Crippen molar-refractivity contribution in [1.82, 2.24) is 19.5 Å². The number of imidazole rings is 1. The fourth-order valence-electron chi connectivity index (χ4n) is 1.85. The maximum atomic E-state index is 11.0. The first-order chi connectivity index (χ1) is 9.92. The summed E-state index contributed by atoms with van der Waals surface area (Å²) in [7, 11) is -4.16. The van der Waals surface area contributed by atoms with E-state index in [1.165, 1.54) is 17.2 Å². The van der Waals surface area contributed by atoms with Gasteiger partial charge in [-0.15, -0.1) is 0 Å². The number of nitrogens with two attached hydrogens (primary N) is 1. The molecule has 5 N–H and O–H groups in total. The largest absolute Gasteiger partial charge is 0.394 e. The number of fused-ring (bicyclic) bond motifs is 1. The van der Waals surface area contributed by atoms with Crippen molar-refractivity contribution >= 4 is 24.6 Å². The number of rotatable bonds is 7. The van der Waals surface area contributed by atoms with Crippen LogP contribution >= 0.6 is 7.60 Å². The van der Waals surface area contributed by atoms with Gasteiger partial charge in [0.15, 0.2) is 11.5 Å². The number of hydrogen-bond donors (Lipinski definition) is 4. The van der Waals surface area contributed by atoms with Crippen molar-refractivity contribution in [3.05, 3.63) is 12.7 Å². The molecule has 0 aliphatic carbocycles. The van der Waals surface area contributed by atoms with Gasteiger partial charge in [0.05, 0.1) is 25.7 Å². The molecule has 116 valence electrons. The molecule has 0 spiro atoms. The third-order valence-electron chi connectivity index (χ3n) is 2.77. The van der Waals surface area contributed by atoms with Crippen LogP contribution in [-0.2, 0) is 9.30 Å². The quantitative estimate of drug-likeness (QED) is 0.493. The molecule has 21 heavy (non-hydrogen) atoms. The molecule has 2 heterocycles. The zero-order chi connectivity index (χ0) is 15.5. The second kappa shape index (κ2) is 6.46. The Morgan fingerprint density at radius 1 is 1.38 bits per heavy atom. The van der Waals surface area contributed by atoms with E-state index >= 15 is 0 Å². The van der Waals surface area contributed by atoms with Crippen LogP contribution in [0.2, 0.25) is 0 Å². The van der Waals surface area contributed by atoms with Crippen molar-refractivity contribution in [1.29, 1.82) is 0 Å². The molecule has 0 bridgehead atoms. The first kappa shape index (κ1) is 15.8. The number of anilines is 1. The first-order valence-electron chi connectivity index (χ1n) is 6.12. The van der Waals surface area contributed by atoms with Crippen LogP contribution in [-0.4, -0.2) is 53.8 Å². The lowest BCUT2D eigenvalue weighted by molar-refractivity contribution is -0.0151. The summed E-state index contributed by atoms with van der Waals surface area (Å²) in [6.45, 7) is -0.192. The van der Waals surface area contributed by atoms with Crippen LogP contribution in [0.4, 0.5) is 5.82 Å². The van der Waals surface area contributed by atoms with E-state index in [9.17, 15) is 4.57 Å². The highest BCUT2D eigenvalue weighted by molar-refractivity contribution is 7.51. The van der Waals surface area contributed by atoms with Crippen molar-refractivity contribution in [2.75, 3.05) is 25.1 Å². The number of aliphatic hydroxyl groups is 1. The van der Waals surface area contributed by atoms with E-state index in [1.807, 2.05) is 0 Å². The Labute approximate surface area is 119 Å². The SMILES string of the molecule is Nc1ncnc2c1ncn2C(CCP(=O)(O)O)OCCO. The van der Waals surface area contributed by atoms with E-state index in [-0.39, 0.29) is 31.6 Å². The minimum atomic E-state index is -4.16. The number of ether oxygens (including phenoxy) is 1. The molecule has 0 saturated carbocycles. The number of aromatic nitrogens is 4. The van der Waals surface area contributed by atoms with Gasteiger partial charge in [0, 0.05) is 6.42 Å². The molecule has 11 heteroatoms. The average Bonchev–Trinajstić information content (AvgIpc) is 2.83. The van der Waals surface area contributed by atoms with Crippen LogP contribution in [0.1, 0.15) is 12.6 Å². The molecular formula is C10H16N5O5P. The van der Waals surface area contributed by atoms with Gasteiger partial charge in [-0.25, -0.2) is 15.0 Å². The van der Waals surface area contributed by atoms with E-state index in [4.69, 9.17) is 25.4 Å². The Morgan fingerprint density at radius 2 is 2.14 bits per heavy atom. The lowest BCUT2D eigenvalue weighted by atomic mass is 10.4. The zero-order valence-electron chi connectivity index (χ0n) is 11.0. The van der Waals surface area contributed by atoms with Crippen LogP contribution in [0.5, 0.6) is 0 Å². The van der Waals surface area contributed by atoms with Gasteiger partial charge in [-0.05, 0) is 0 Å². The number of hydrogen-bond acceptors (Lipinski definition) is 7. The number of nitrogens with zero attached hydrogens (tertiary/aromatic N) is 4. The van der Waals surface area contributed by atoms with Gasteiger partial charge in [-0.3, -0.25) is 9.13 Å². The highest BCUT2D eigenvalue weighted by atomic mass is 31.2. The summed E-state index contributed by atoms with van der Waals surface area (Å²) in [6.07, 6.45) is 1.64. The molecule has 0 aliphatic rings. The zero-order valence-corrected chi connectivity index (χ0v) is 11.9. The highest BCUT2D eigenvalue weighted by Gasteiger charge is 2.21. The second-order valence-electron chi connectivity index (χ2n) is 4.31. The summed E-state index contributed by atoms with van der Waals surface area (Å²) < 4.78 is 17.9. The minimum absolute atomic E-state index is 0.0199. The minimum Gasteiger partial charge on any atom is -0.394 e. The van der Waals surface area contributed by atoms with E-state index in [0.29, 0.717) is 11.2 Å². The summed E-state index contributed by atoms with van der Waals surface area (Å²) in [6, 6.07) is 0. The summed E-state index contributed by atoms with van der Waals surface area (Å²) in [5.41, 5.74) is 6.46. The monoisotopic (exact) mass is 317 g/mol. The third-order valence-corrected chi connectivity index (χ3v) is 3.61. The molecule has 0 saturated heterocycles. The molecule has 0 radical (unpaired) electrons. The van der Waals surface area contributed by atoms with Gasteiger partial charge >= 0.3 is 7.60 Å². The van der Waals surface area contributed by atoms with Crippen LogP contribution in [0.3, 0.4) is 0 Å². The molecule has 0 amide bonds. The van der Waals surface area contributed by atoms with Crippen LogP contribution in [0, 0.1) is 0 Å². The van der Waals surface area contributed by atoms with Gasteiger partial charge in [0.2, 0.25) is 0 Å². The Bertz CT molecular complexity index is 656. The Hall–Kier alpha value is -1.58. The van der Waals surface area contributed by atoms with E-state index < -0.39 is 13.8 Å². The van der Waals surface area contributed by atoms with Crippen molar-refractivity contribution in [3.8, 4) is 0 Å². The van der Waals surface area contributed by atoms with Gasteiger partial charge < -0.3 is 25.4 Å². The number of nitrogen functional groups attached to an aromatic ring is 1. The lowest BCUT2D eigenvalue weighted by Gasteiger charge is -2.19. The Morgan fingerprint density at radius 3 is 2.81 bits per heavy atom. The van der Waals surface area contributed by atoms with Gasteiger partial charge in [-0.1, -0.05) is 0 Å². The average molecular weight is 317 g/mol. The summed E-state index contributed by atoms with van der Waals surface area (Å²) in [4.78, 5) is 29.9. The molecule has 1 atom stereocenters. The maximum Gasteiger partial charge on any atom is 0.325 e. The maximum absolute atomic E-state index is 11.0. The van der Waals surface area contributed by atoms with E-state index in [1.54, 1.807) is 0 Å². The second-order valence-corrected chi connectivity index (χ2v) is 6.09. The molecule has 10 nitrogen and oxygen atoms in total. The number of aliphatic hydroxyl groups excluding tert-OH is 1. The molecule has 0 fully saturated rings. The molecule has 2 aromatic heterocycles. The first-order valence-corrected chi connectivity index (χ1v) is 7.92. The van der Waals surface area contributed by atoms with Crippen LogP contribution in [0.25, 0.3) is 11.2 Å². The Kier molecular flexibility index (Phi) is 4.86. The Balaban J connectivity index is 2.29. The van der Waals surface area contributed by atoms with E-state index in [0.717, 1.165) is 0 Å². The van der Waals surface area contributed by atoms with Crippen molar-refractivity contribution in [3.63, 3.8) is 0 Å². The van der Waals surface area contributed by atoms with Crippen LogP contribution < -0.4 is 5.73 Å². The molecule has 0 aromatic carbocycles. The third kappa shape index (κ3) is 3.96. The smallest absolute Gasteiger partial charge is 0.325 e. The predicted octanol–water partition coefficient (Wildman–Crippen LogP) is -0.516. The fourth-order valence-corrected chi connectivity index (χ4v) is 2.41. The summed E-state index contributed by atoms with van der Waals surface area (Å²) in [5, 5.41) is 8.85. The van der Waals surface area contributed by atoms with Crippen LogP contribution in [0.15, 0.2) is 12.7 Å². The normalized spacial score (nSPS) is 13.7. The standard InChI is InChI=1S/C10H16N5O5P/c11-9-8-10(13-5-12-9)15(6-14-8)7(20-3-2-16)1-4-21(17,18)19/h5-7,16H,1-4H2,(H2,11,12,13)(H2,17,18,19). The van der Waals surface area contributed by atoms with Gasteiger partial charge in [-0.2, -0.15) is 0 Å². The fraction of sp³-hybridized carbons (Fsp3) is 0.500. The van der Waals surface area contributed by atoms with Crippen molar-refractivity contribution in [2.24, 2.45) is 0 Å². The van der Waals surface area contributed by atoms with Gasteiger partial charge in [0.25, 0.3) is 0 Å². The summed E-state index contributed by atoms with van der Waals surface area (Å²) in [5.74, 6) is 0.203. The molecule has 1 unspecified atom stereocenters. The van der Waals surface area contributed by atoms with Crippen molar-refractivity contribution < 1.29 is 24.2 Å². The molecule has 0 aliphatic heterocycles. The molecule has 2 aromatic rings. The molecular weight excluding hydrogens is 301 g/mol. The van der Waals surface area contributed by atoms with E-state index in [2.05, 4.69) is 15.0 Å². The van der Waals surface area contributed by atoms with Crippen molar-refractivity contribution in [2.45, 2.75) is 12.6 Å². The van der Waals surface area contributed by atoms with Gasteiger partial charge in [0.1, 0.15) is 18.1 Å². The predicted molar refractivity (Wildman–Crippen MR) is 73.3 cm³/mol. The lowest BCUT2D eigenvalue weighted by Crippen LogP contribution is -2.16. The topological polar surface area (TPSA) is 157 Å².